The number of alkyl halides is 1. The number of aliphatic hydroxyl groups is 1. The Kier molecular flexibility index (Phi) is 9.83. The van der Waals surface area contributed by atoms with Gasteiger partial charge in [0.1, 0.15) is 18.3 Å². The van der Waals surface area contributed by atoms with Gasteiger partial charge in [-0.25, -0.2) is 9.18 Å². The van der Waals surface area contributed by atoms with Crippen LogP contribution in [0.3, 0.4) is 0 Å². The highest BCUT2D eigenvalue weighted by atomic mass is 19.1. The van der Waals surface area contributed by atoms with Crippen molar-refractivity contribution in [2.45, 2.75) is 88.8 Å². The zero-order chi connectivity index (χ0) is 29.8. The van der Waals surface area contributed by atoms with Gasteiger partial charge in [0.2, 0.25) is 17.6 Å². The summed E-state index contributed by atoms with van der Waals surface area (Å²) in [5.74, 6) is -1.56. The van der Waals surface area contributed by atoms with E-state index in [1.165, 1.54) is 0 Å². The predicted octanol–water partition coefficient (Wildman–Crippen LogP) is 4.40. The number of benzene rings is 1. The Labute approximate surface area is 246 Å². The summed E-state index contributed by atoms with van der Waals surface area (Å²) in [6.45, 7) is -0.681. The number of halogens is 1. The van der Waals surface area contributed by atoms with E-state index in [2.05, 4.69) is 0 Å². The van der Waals surface area contributed by atoms with Gasteiger partial charge in [0.25, 0.3) is 0 Å². The lowest BCUT2D eigenvalue weighted by atomic mass is 9.75. The minimum absolute atomic E-state index is 0.0158. The van der Waals surface area contributed by atoms with Crippen LogP contribution in [0.1, 0.15) is 92.8 Å². The number of carbonyl (C=O) groups excluding carboxylic acids is 3. The molecule has 5 N–H and O–H groups in total. The van der Waals surface area contributed by atoms with Crippen LogP contribution in [0.25, 0.3) is 11.0 Å². The van der Waals surface area contributed by atoms with Gasteiger partial charge in [0.05, 0.1) is 12.6 Å². The number of aliphatic hydroxyl groups excluding tert-OH is 1. The van der Waals surface area contributed by atoms with E-state index >= 15 is 0 Å². The zero-order valence-corrected chi connectivity index (χ0v) is 24.2. The van der Waals surface area contributed by atoms with E-state index in [1.54, 1.807) is 11.0 Å². The number of amides is 2. The van der Waals surface area contributed by atoms with E-state index in [0.29, 0.717) is 48.6 Å². The summed E-state index contributed by atoms with van der Waals surface area (Å²) in [7, 11) is 0. The number of likely N-dealkylation sites (tertiary alicyclic amines) is 1. The molecule has 0 bridgehead atoms. The van der Waals surface area contributed by atoms with Crippen LogP contribution in [-0.2, 0) is 14.3 Å². The molecule has 230 valence electrons. The van der Waals surface area contributed by atoms with Crippen LogP contribution in [0.2, 0.25) is 0 Å². The molecule has 2 amide bonds. The van der Waals surface area contributed by atoms with Gasteiger partial charge >= 0.3 is 5.97 Å². The molecule has 2 aromatic rings. The minimum atomic E-state index is -0.802. The van der Waals surface area contributed by atoms with Crippen LogP contribution in [-0.4, -0.2) is 59.8 Å². The second-order valence-electron chi connectivity index (χ2n) is 12.4. The summed E-state index contributed by atoms with van der Waals surface area (Å²) in [4.78, 5) is 42.7. The van der Waals surface area contributed by atoms with E-state index in [9.17, 15) is 23.9 Å². The fourth-order valence-corrected chi connectivity index (χ4v) is 7.78. The Morgan fingerprint density at radius 3 is 2.45 bits per heavy atom. The normalized spacial score (nSPS) is 27.7. The maximum Gasteiger partial charge on any atom is 0.374 e. The van der Waals surface area contributed by atoms with Gasteiger partial charge in [-0.2, -0.15) is 0 Å². The van der Waals surface area contributed by atoms with Gasteiger partial charge in [-0.15, -0.1) is 0 Å². The Morgan fingerprint density at radius 1 is 1.07 bits per heavy atom. The molecule has 3 aliphatic rings. The van der Waals surface area contributed by atoms with Crippen molar-refractivity contribution in [2.75, 3.05) is 19.9 Å². The zero-order valence-electron chi connectivity index (χ0n) is 24.2. The molecule has 9 nitrogen and oxygen atoms in total. The minimum Gasteiger partial charge on any atom is -0.460 e. The molecule has 1 unspecified atom stereocenters. The Morgan fingerprint density at radius 2 is 1.79 bits per heavy atom. The largest absolute Gasteiger partial charge is 0.460 e. The highest BCUT2D eigenvalue weighted by molar-refractivity contribution is 5.98. The molecular formula is C32H44FN3O6. The first-order valence-corrected chi connectivity index (χ1v) is 15.6. The number of primary amides is 1. The quantitative estimate of drug-likeness (QED) is 0.276. The second-order valence-corrected chi connectivity index (χ2v) is 12.4. The number of ether oxygens (including phenoxy) is 1. The lowest BCUT2D eigenvalue weighted by molar-refractivity contribution is -0.145. The molecule has 0 spiro atoms. The Bertz CT molecular complexity index is 1250. The van der Waals surface area contributed by atoms with Crippen molar-refractivity contribution in [3.05, 3.63) is 35.6 Å². The number of carbonyl (C=O) groups is 3. The number of furan rings is 1. The fourth-order valence-electron chi connectivity index (χ4n) is 7.78. The summed E-state index contributed by atoms with van der Waals surface area (Å²) < 4.78 is 24.8. The molecule has 1 aliphatic heterocycles. The summed E-state index contributed by atoms with van der Waals surface area (Å²) in [5, 5.41) is 9.87. The van der Waals surface area contributed by atoms with Gasteiger partial charge < -0.3 is 30.6 Å². The molecular weight excluding hydrogens is 541 g/mol. The van der Waals surface area contributed by atoms with Crippen molar-refractivity contribution in [3.8, 4) is 0 Å². The van der Waals surface area contributed by atoms with Gasteiger partial charge in [0, 0.05) is 35.9 Å². The van der Waals surface area contributed by atoms with Crippen molar-refractivity contribution >= 4 is 28.8 Å². The topological polar surface area (TPSA) is 149 Å². The average Bonchev–Trinajstić information content (AvgIpc) is 3.60. The molecule has 1 saturated heterocycles. The predicted molar refractivity (Wildman–Crippen MR) is 155 cm³/mol. The van der Waals surface area contributed by atoms with E-state index < -0.39 is 36.7 Å². The van der Waals surface area contributed by atoms with Crippen LogP contribution in [0.4, 0.5) is 4.39 Å². The smallest absolute Gasteiger partial charge is 0.374 e. The van der Waals surface area contributed by atoms with Crippen molar-refractivity contribution in [1.29, 1.82) is 0 Å². The van der Waals surface area contributed by atoms with E-state index in [0.717, 1.165) is 32.1 Å². The third-order valence-corrected chi connectivity index (χ3v) is 9.93. The van der Waals surface area contributed by atoms with Crippen molar-refractivity contribution < 1.29 is 33.0 Å². The summed E-state index contributed by atoms with van der Waals surface area (Å²) in [5.41, 5.74) is 13.1. The average molecular weight is 586 g/mol. The van der Waals surface area contributed by atoms with Crippen LogP contribution in [0.5, 0.6) is 0 Å². The summed E-state index contributed by atoms with van der Waals surface area (Å²) in [6, 6.07) is 5.35. The molecule has 1 aromatic heterocycles. The van der Waals surface area contributed by atoms with Gasteiger partial charge in [-0.05, 0) is 55.9 Å². The van der Waals surface area contributed by atoms with Gasteiger partial charge in [-0.3, -0.25) is 9.59 Å². The second kappa shape index (κ2) is 13.5. The molecule has 3 fully saturated rings. The maximum absolute atomic E-state index is 14.5. The number of para-hydroxylation sites is 1. The number of rotatable bonds is 10. The Hall–Kier alpha value is -2.98. The fraction of sp³-hybridized carbons (Fsp3) is 0.656. The highest BCUT2D eigenvalue weighted by Gasteiger charge is 2.53. The molecule has 2 heterocycles. The SMILES string of the molecule is NC(=O)[C@@H]1[C@H](C2CCCCC2)CC(c2c(C(=O)OCCCO)oc3ccccc23)N1C(=O)C1CCC([C@H](N)CF)CC1. The number of hydrogen-bond acceptors (Lipinski definition) is 7. The monoisotopic (exact) mass is 585 g/mol. The summed E-state index contributed by atoms with van der Waals surface area (Å²) in [6.07, 6.45) is 8.41. The number of nitrogens with two attached hydrogens (primary N) is 2. The van der Waals surface area contributed by atoms with Crippen molar-refractivity contribution in [1.82, 2.24) is 4.90 Å². The molecule has 2 aliphatic carbocycles. The number of hydrogen-bond donors (Lipinski definition) is 3. The third-order valence-electron chi connectivity index (χ3n) is 9.93. The van der Waals surface area contributed by atoms with E-state index in [1.807, 2.05) is 18.2 Å². The van der Waals surface area contributed by atoms with E-state index in [4.69, 9.17) is 20.6 Å². The first kappa shape index (κ1) is 30.5. The molecule has 0 radical (unpaired) electrons. The molecule has 10 heteroatoms. The number of esters is 1. The molecule has 42 heavy (non-hydrogen) atoms. The lowest BCUT2D eigenvalue weighted by Gasteiger charge is -2.37. The standard InChI is InChI=1S/C32H44FN3O6/c33-18-24(34)20-11-13-21(14-12-20)31(39)36-25(17-23(28(36)30(35)38)19-7-2-1-3-8-19)27-22-9-4-5-10-26(22)42-29(27)32(40)41-16-6-15-37/h4-5,9-10,19-21,23-25,28,37H,1-3,6-8,11-18,34H2,(H2,35,38)/t20?,21?,23-,24+,25?,28-/m0/s1. The molecule has 1 aromatic carbocycles. The third kappa shape index (κ3) is 6.06. The Balaban J connectivity index is 1.55. The first-order valence-electron chi connectivity index (χ1n) is 15.6. The van der Waals surface area contributed by atoms with Gasteiger partial charge in [0.15, 0.2) is 0 Å². The number of fused-ring (bicyclic) bond motifs is 1. The van der Waals surface area contributed by atoms with Crippen LogP contribution >= 0.6 is 0 Å². The highest BCUT2D eigenvalue weighted by Crippen LogP contribution is 2.50. The maximum atomic E-state index is 14.5. The molecule has 2 saturated carbocycles. The van der Waals surface area contributed by atoms with Crippen LogP contribution in [0, 0.1) is 23.7 Å². The molecule has 4 atom stereocenters. The van der Waals surface area contributed by atoms with Gasteiger partial charge in [-0.1, -0.05) is 50.3 Å². The molecule has 5 rings (SSSR count). The van der Waals surface area contributed by atoms with Crippen molar-refractivity contribution in [2.24, 2.45) is 35.1 Å². The lowest BCUT2D eigenvalue weighted by Crippen LogP contribution is -2.51. The van der Waals surface area contributed by atoms with Crippen molar-refractivity contribution in [3.63, 3.8) is 0 Å². The van der Waals surface area contributed by atoms with E-state index in [-0.39, 0.29) is 55.0 Å². The first-order chi connectivity index (χ1) is 20.3. The van der Waals surface area contributed by atoms with Crippen LogP contribution in [0.15, 0.2) is 28.7 Å². The summed E-state index contributed by atoms with van der Waals surface area (Å²) >= 11 is 0. The number of nitrogens with zero attached hydrogens (tertiary/aromatic N) is 1. The van der Waals surface area contributed by atoms with Crippen LogP contribution < -0.4 is 11.5 Å².